The van der Waals surface area contributed by atoms with Crippen LogP contribution < -0.4 is 15.6 Å². The van der Waals surface area contributed by atoms with E-state index in [1.54, 1.807) is 13.0 Å². The van der Waals surface area contributed by atoms with Gasteiger partial charge in [-0.15, -0.1) is 0 Å². The number of aromatic nitrogens is 1. The first-order chi connectivity index (χ1) is 12.6. The average molecular weight is 370 g/mol. The highest BCUT2D eigenvalue weighted by Crippen LogP contribution is 2.19. The summed E-state index contributed by atoms with van der Waals surface area (Å²) in [6.07, 6.45) is 0.728. The molecule has 0 aliphatic rings. The van der Waals surface area contributed by atoms with Crippen LogP contribution >= 0.6 is 11.5 Å². The fraction of sp³-hybridized carbons (Fsp3) is 0.300. The van der Waals surface area contributed by atoms with Gasteiger partial charge < -0.3 is 10.1 Å². The van der Waals surface area contributed by atoms with Crippen LogP contribution in [0.1, 0.15) is 25.5 Å². The second-order valence-corrected chi connectivity index (χ2v) is 7.03. The van der Waals surface area contributed by atoms with Gasteiger partial charge in [-0.1, -0.05) is 35.8 Å². The zero-order valence-corrected chi connectivity index (χ0v) is 15.7. The topological polar surface area (TPSA) is 60.3 Å². The van der Waals surface area contributed by atoms with Gasteiger partial charge in [-0.3, -0.25) is 13.5 Å². The minimum absolute atomic E-state index is 0.111. The van der Waals surface area contributed by atoms with E-state index in [4.69, 9.17) is 4.74 Å². The van der Waals surface area contributed by atoms with Gasteiger partial charge in [-0.25, -0.2) is 0 Å². The standard InChI is InChI=1S/C20H22N2O3S/c1-3-25-16-10-8-15(9-11-16)12-13-21-19(23)14(2)22-20(24)17-6-4-5-7-18(17)26-22/h4-11,14H,3,12-13H2,1-2H3,(H,21,23)/t14-/m0/s1. The van der Waals surface area contributed by atoms with E-state index >= 15 is 0 Å². The maximum atomic E-state index is 12.4. The van der Waals surface area contributed by atoms with Crippen molar-refractivity contribution in [2.75, 3.05) is 13.2 Å². The average Bonchev–Trinajstić information content (AvgIpc) is 3.00. The SMILES string of the molecule is CCOc1ccc(CCNC(=O)[C@H](C)n2sc3ccccc3c2=O)cc1. The molecule has 6 heteroatoms. The number of benzene rings is 2. The molecule has 1 amide bonds. The smallest absolute Gasteiger partial charge is 0.269 e. The maximum absolute atomic E-state index is 12.4. The third-order valence-electron chi connectivity index (χ3n) is 4.19. The molecule has 1 aromatic heterocycles. The monoisotopic (exact) mass is 370 g/mol. The van der Waals surface area contributed by atoms with E-state index in [9.17, 15) is 9.59 Å². The predicted molar refractivity (Wildman–Crippen MR) is 105 cm³/mol. The first kappa shape index (κ1) is 18.2. The van der Waals surface area contributed by atoms with Crippen molar-refractivity contribution in [3.8, 4) is 5.75 Å². The lowest BCUT2D eigenvalue weighted by Gasteiger charge is -2.12. The van der Waals surface area contributed by atoms with Crippen LogP contribution in [0.15, 0.2) is 53.3 Å². The molecule has 0 fully saturated rings. The number of nitrogens with zero attached hydrogens (tertiary/aromatic N) is 1. The van der Waals surface area contributed by atoms with E-state index in [0.29, 0.717) is 18.5 Å². The molecule has 1 N–H and O–H groups in total. The summed E-state index contributed by atoms with van der Waals surface area (Å²) in [5.41, 5.74) is 1.01. The van der Waals surface area contributed by atoms with Gasteiger partial charge in [0.05, 0.1) is 16.7 Å². The van der Waals surface area contributed by atoms with Crippen molar-refractivity contribution in [3.63, 3.8) is 0 Å². The van der Waals surface area contributed by atoms with Crippen LogP contribution in [-0.4, -0.2) is 23.0 Å². The highest BCUT2D eigenvalue weighted by Gasteiger charge is 2.19. The highest BCUT2D eigenvalue weighted by molar-refractivity contribution is 7.14. The third-order valence-corrected chi connectivity index (χ3v) is 5.42. The van der Waals surface area contributed by atoms with Gasteiger partial charge in [0, 0.05) is 6.54 Å². The van der Waals surface area contributed by atoms with Crippen LogP contribution in [-0.2, 0) is 11.2 Å². The van der Waals surface area contributed by atoms with Crippen molar-refractivity contribution >= 4 is 27.5 Å². The molecule has 136 valence electrons. The zero-order chi connectivity index (χ0) is 18.5. The summed E-state index contributed by atoms with van der Waals surface area (Å²) >= 11 is 1.33. The summed E-state index contributed by atoms with van der Waals surface area (Å²) in [6.45, 7) is 4.87. The van der Waals surface area contributed by atoms with Crippen LogP contribution in [0, 0.1) is 0 Å². The summed E-state index contributed by atoms with van der Waals surface area (Å²) in [5.74, 6) is 0.697. The Hall–Kier alpha value is -2.60. The van der Waals surface area contributed by atoms with Crippen LogP contribution in [0.4, 0.5) is 0 Å². The number of rotatable bonds is 7. The van der Waals surface area contributed by atoms with Gasteiger partial charge in [0.1, 0.15) is 11.8 Å². The normalized spacial score (nSPS) is 12.1. The van der Waals surface area contributed by atoms with E-state index in [1.165, 1.54) is 15.5 Å². The van der Waals surface area contributed by atoms with Crippen LogP contribution in [0.3, 0.4) is 0 Å². The molecule has 0 bridgehead atoms. The largest absolute Gasteiger partial charge is 0.494 e. The molecule has 0 aliphatic carbocycles. The molecular weight excluding hydrogens is 348 g/mol. The Morgan fingerprint density at radius 1 is 1.19 bits per heavy atom. The van der Waals surface area contributed by atoms with Crippen molar-refractivity contribution in [1.29, 1.82) is 0 Å². The highest BCUT2D eigenvalue weighted by atomic mass is 32.1. The molecule has 0 aliphatic heterocycles. The summed E-state index contributed by atoms with van der Waals surface area (Å²) in [6, 6.07) is 14.7. The van der Waals surface area contributed by atoms with E-state index in [0.717, 1.165) is 22.4 Å². The van der Waals surface area contributed by atoms with Gasteiger partial charge in [0.15, 0.2) is 0 Å². The van der Waals surface area contributed by atoms with Crippen molar-refractivity contribution < 1.29 is 9.53 Å². The Labute approximate surface area is 156 Å². The van der Waals surface area contributed by atoms with Crippen molar-refractivity contribution in [2.45, 2.75) is 26.3 Å². The number of carbonyl (C=O) groups is 1. The van der Waals surface area contributed by atoms with Crippen LogP contribution in [0.5, 0.6) is 5.75 Å². The first-order valence-corrected chi connectivity index (χ1v) is 9.47. The minimum atomic E-state index is -0.528. The molecule has 0 radical (unpaired) electrons. The number of hydrogen-bond donors (Lipinski definition) is 1. The fourth-order valence-electron chi connectivity index (χ4n) is 2.75. The van der Waals surface area contributed by atoms with E-state index in [2.05, 4.69) is 5.32 Å². The van der Waals surface area contributed by atoms with Crippen LogP contribution in [0.2, 0.25) is 0 Å². The molecule has 3 rings (SSSR count). The number of hydrogen-bond acceptors (Lipinski definition) is 4. The molecule has 26 heavy (non-hydrogen) atoms. The summed E-state index contributed by atoms with van der Waals surface area (Å²) in [4.78, 5) is 24.9. The maximum Gasteiger partial charge on any atom is 0.269 e. The number of carbonyl (C=O) groups excluding carboxylic acids is 1. The van der Waals surface area contributed by atoms with Crippen LogP contribution in [0.25, 0.3) is 10.1 Å². The number of amides is 1. The van der Waals surface area contributed by atoms with Gasteiger partial charge in [0.2, 0.25) is 5.91 Å². The molecule has 0 saturated heterocycles. The van der Waals surface area contributed by atoms with Gasteiger partial charge >= 0.3 is 0 Å². The molecule has 0 spiro atoms. The lowest BCUT2D eigenvalue weighted by molar-refractivity contribution is -0.123. The number of fused-ring (bicyclic) bond motifs is 1. The van der Waals surface area contributed by atoms with Gasteiger partial charge in [-0.2, -0.15) is 0 Å². The Kier molecular flexibility index (Phi) is 5.73. The Morgan fingerprint density at radius 2 is 1.92 bits per heavy atom. The molecule has 0 unspecified atom stereocenters. The van der Waals surface area contributed by atoms with E-state index < -0.39 is 6.04 Å². The number of nitrogens with one attached hydrogen (secondary N) is 1. The van der Waals surface area contributed by atoms with Crippen molar-refractivity contribution in [2.24, 2.45) is 0 Å². The second kappa shape index (κ2) is 8.19. The second-order valence-electron chi connectivity index (χ2n) is 6.01. The van der Waals surface area contributed by atoms with Gasteiger partial charge in [0.25, 0.3) is 5.56 Å². The summed E-state index contributed by atoms with van der Waals surface area (Å²) < 4.78 is 7.85. The van der Waals surface area contributed by atoms with E-state index in [-0.39, 0.29) is 11.5 Å². The Morgan fingerprint density at radius 3 is 2.62 bits per heavy atom. The molecule has 1 heterocycles. The van der Waals surface area contributed by atoms with E-state index in [1.807, 2.05) is 49.4 Å². The fourth-order valence-corrected chi connectivity index (χ4v) is 3.79. The molecule has 3 aromatic rings. The zero-order valence-electron chi connectivity index (χ0n) is 14.9. The van der Waals surface area contributed by atoms with Crippen molar-refractivity contribution in [1.82, 2.24) is 9.27 Å². The van der Waals surface area contributed by atoms with Gasteiger partial charge in [-0.05, 0) is 50.1 Å². The molecule has 5 nitrogen and oxygen atoms in total. The minimum Gasteiger partial charge on any atom is -0.494 e. The Bertz CT molecular complexity index is 944. The van der Waals surface area contributed by atoms with Crippen molar-refractivity contribution in [3.05, 3.63) is 64.4 Å². The first-order valence-electron chi connectivity index (χ1n) is 8.70. The third kappa shape index (κ3) is 3.96. The molecule has 2 aromatic carbocycles. The predicted octanol–water partition coefficient (Wildman–Crippen LogP) is 3.38. The lowest BCUT2D eigenvalue weighted by atomic mass is 10.1. The lowest BCUT2D eigenvalue weighted by Crippen LogP contribution is -2.34. The summed E-state index contributed by atoms with van der Waals surface area (Å²) in [5, 5.41) is 3.58. The molecule has 0 saturated carbocycles. The quantitative estimate of drug-likeness (QED) is 0.694. The molecule has 1 atom stereocenters. The Balaban J connectivity index is 1.58. The molecular formula is C20H22N2O3S. The number of ether oxygens (including phenoxy) is 1. The summed E-state index contributed by atoms with van der Waals surface area (Å²) in [7, 11) is 0.